The number of hydrogen-bond acceptors (Lipinski definition) is 3. The van der Waals surface area contributed by atoms with Crippen molar-refractivity contribution in [3.63, 3.8) is 0 Å². The Hall–Kier alpha value is -1.84. The summed E-state index contributed by atoms with van der Waals surface area (Å²) in [5, 5.41) is 0. The van der Waals surface area contributed by atoms with E-state index in [0.717, 1.165) is 0 Å². The zero-order valence-electron chi connectivity index (χ0n) is 8.10. The van der Waals surface area contributed by atoms with Crippen molar-refractivity contribution in [3.8, 4) is 0 Å². The van der Waals surface area contributed by atoms with Crippen molar-refractivity contribution in [2.45, 2.75) is 18.4 Å². The fourth-order valence-corrected chi connectivity index (χ4v) is 1.32. The van der Waals surface area contributed by atoms with Gasteiger partial charge in [0, 0.05) is 12.8 Å². The molecular weight excluding hydrogens is 194 g/mol. The molecule has 4 heteroatoms. The average Bonchev–Trinajstić information content (AvgIpc) is 3.00. The number of carbonyl (C=O) groups excluding carboxylic acids is 2. The minimum Gasteiger partial charge on any atom is -0.445 e. The van der Waals surface area contributed by atoms with Gasteiger partial charge in [-0.3, -0.25) is 4.79 Å². The summed E-state index contributed by atoms with van der Waals surface area (Å²) in [7, 11) is 0. The van der Waals surface area contributed by atoms with E-state index in [9.17, 15) is 9.59 Å². The van der Waals surface area contributed by atoms with Gasteiger partial charge < -0.3 is 10.5 Å². The van der Waals surface area contributed by atoms with Crippen molar-refractivity contribution >= 4 is 11.9 Å². The van der Waals surface area contributed by atoms with E-state index in [-0.39, 0.29) is 0 Å². The molecule has 1 aliphatic carbocycles. The molecule has 1 aromatic carbocycles. The van der Waals surface area contributed by atoms with E-state index in [1.165, 1.54) is 0 Å². The molecule has 0 bridgehead atoms. The third kappa shape index (κ3) is 1.83. The van der Waals surface area contributed by atoms with Crippen molar-refractivity contribution in [1.82, 2.24) is 0 Å². The SMILES string of the molecule is NC(=O)C1(OC(=O)c2ccccc2)CC1. The van der Waals surface area contributed by atoms with Crippen LogP contribution in [0.5, 0.6) is 0 Å². The summed E-state index contributed by atoms with van der Waals surface area (Å²) in [6, 6.07) is 8.55. The smallest absolute Gasteiger partial charge is 0.339 e. The predicted molar refractivity (Wildman–Crippen MR) is 53.0 cm³/mol. The van der Waals surface area contributed by atoms with E-state index < -0.39 is 17.5 Å². The highest BCUT2D eigenvalue weighted by atomic mass is 16.6. The molecule has 0 unspecified atom stereocenters. The Bertz CT molecular complexity index is 396. The maximum absolute atomic E-state index is 11.6. The maximum atomic E-state index is 11.6. The van der Waals surface area contributed by atoms with Gasteiger partial charge in [-0.1, -0.05) is 18.2 Å². The lowest BCUT2D eigenvalue weighted by atomic mass is 10.2. The van der Waals surface area contributed by atoms with Crippen molar-refractivity contribution in [3.05, 3.63) is 35.9 Å². The number of ether oxygens (including phenoxy) is 1. The van der Waals surface area contributed by atoms with Crippen molar-refractivity contribution in [1.29, 1.82) is 0 Å². The largest absolute Gasteiger partial charge is 0.445 e. The normalized spacial score (nSPS) is 16.8. The first-order chi connectivity index (χ1) is 7.14. The molecule has 4 nitrogen and oxygen atoms in total. The molecule has 0 aromatic heterocycles. The van der Waals surface area contributed by atoms with E-state index in [4.69, 9.17) is 10.5 Å². The number of carbonyl (C=O) groups is 2. The molecule has 0 saturated heterocycles. The quantitative estimate of drug-likeness (QED) is 0.744. The van der Waals surface area contributed by atoms with Crippen LogP contribution in [-0.2, 0) is 9.53 Å². The highest BCUT2D eigenvalue weighted by Gasteiger charge is 2.52. The van der Waals surface area contributed by atoms with E-state index in [0.29, 0.717) is 18.4 Å². The summed E-state index contributed by atoms with van der Waals surface area (Å²) in [4.78, 5) is 22.6. The van der Waals surface area contributed by atoms with Gasteiger partial charge in [0.15, 0.2) is 5.60 Å². The van der Waals surface area contributed by atoms with Crippen LogP contribution >= 0.6 is 0 Å². The van der Waals surface area contributed by atoms with Crippen LogP contribution in [0.15, 0.2) is 30.3 Å². The third-order valence-electron chi connectivity index (χ3n) is 2.45. The maximum Gasteiger partial charge on any atom is 0.339 e. The molecule has 0 spiro atoms. The number of primary amides is 1. The van der Waals surface area contributed by atoms with Gasteiger partial charge in [-0.2, -0.15) is 0 Å². The lowest BCUT2D eigenvalue weighted by Gasteiger charge is -2.12. The third-order valence-corrected chi connectivity index (χ3v) is 2.45. The Labute approximate surface area is 87.0 Å². The average molecular weight is 205 g/mol. The summed E-state index contributed by atoms with van der Waals surface area (Å²) < 4.78 is 5.08. The molecule has 15 heavy (non-hydrogen) atoms. The fraction of sp³-hybridized carbons (Fsp3) is 0.273. The second kappa shape index (κ2) is 3.38. The highest BCUT2D eigenvalue weighted by Crippen LogP contribution is 2.39. The van der Waals surface area contributed by atoms with Crippen LogP contribution in [0.4, 0.5) is 0 Å². The molecule has 78 valence electrons. The summed E-state index contributed by atoms with van der Waals surface area (Å²) in [6.45, 7) is 0. The number of rotatable bonds is 3. The van der Waals surface area contributed by atoms with Crippen LogP contribution in [-0.4, -0.2) is 17.5 Å². The topological polar surface area (TPSA) is 69.4 Å². The Morgan fingerprint density at radius 1 is 1.20 bits per heavy atom. The summed E-state index contributed by atoms with van der Waals surface area (Å²) >= 11 is 0. The zero-order chi connectivity index (χ0) is 10.9. The first-order valence-electron chi connectivity index (χ1n) is 4.72. The molecule has 0 atom stereocenters. The molecule has 1 amide bonds. The molecule has 1 aromatic rings. The van der Waals surface area contributed by atoms with Crippen molar-refractivity contribution in [2.75, 3.05) is 0 Å². The van der Waals surface area contributed by atoms with Gasteiger partial charge in [0.2, 0.25) is 0 Å². The van der Waals surface area contributed by atoms with Gasteiger partial charge >= 0.3 is 5.97 Å². The molecule has 1 aliphatic rings. The molecule has 1 fully saturated rings. The fourth-order valence-electron chi connectivity index (χ4n) is 1.32. The summed E-state index contributed by atoms with van der Waals surface area (Å²) in [6.07, 6.45) is 1.06. The van der Waals surface area contributed by atoms with E-state index in [1.54, 1.807) is 30.3 Å². The van der Waals surface area contributed by atoms with Crippen molar-refractivity contribution < 1.29 is 14.3 Å². The minimum absolute atomic E-state index is 0.435. The summed E-state index contributed by atoms with van der Waals surface area (Å²) in [5.74, 6) is -1.06. The second-order valence-electron chi connectivity index (χ2n) is 3.61. The van der Waals surface area contributed by atoms with Crippen LogP contribution in [0, 0.1) is 0 Å². The van der Waals surface area contributed by atoms with Gasteiger partial charge in [0.1, 0.15) is 0 Å². The summed E-state index contributed by atoms with van der Waals surface area (Å²) in [5.41, 5.74) is 4.54. The van der Waals surface area contributed by atoms with E-state index in [2.05, 4.69) is 0 Å². The number of nitrogens with two attached hydrogens (primary N) is 1. The van der Waals surface area contributed by atoms with Crippen LogP contribution in [0.25, 0.3) is 0 Å². The van der Waals surface area contributed by atoms with Crippen LogP contribution in [0.2, 0.25) is 0 Å². The first kappa shape index (κ1) is 9.71. The van der Waals surface area contributed by atoms with Gasteiger partial charge in [-0.15, -0.1) is 0 Å². The molecule has 2 rings (SSSR count). The van der Waals surface area contributed by atoms with Crippen molar-refractivity contribution in [2.24, 2.45) is 5.73 Å². The first-order valence-corrected chi connectivity index (χ1v) is 4.72. The monoisotopic (exact) mass is 205 g/mol. The Morgan fingerprint density at radius 3 is 2.27 bits per heavy atom. The molecule has 0 radical (unpaired) electrons. The van der Waals surface area contributed by atoms with Crippen LogP contribution in [0.1, 0.15) is 23.2 Å². The molecule has 1 saturated carbocycles. The zero-order valence-corrected chi connectivity index (χ0v) is 8.10. The Kier molecular flexibility index (Phi) is 2.19. The van der Waals surface area contributed by atoms with Gasteiger partial charge in [-0.25, -0.2) is 4.79 Å². The van der Waals surface area contributed by atoms with E-state index >= 15 is 0 Å². The van der Waals surface area contributed by atoms with E-state index in [1.807, 2.05) is 0 Å². The predicted octanol–water partition coefficient (Wildman–Crippen LogP) is 0.861. The van der Waals surface area contributed by atoms with Crippen LogP contribution < -0.4 is 5.73 Å². The molecule has 2 N–H and O–H groups in total. The standard InChI is InChI=1S/C11H11NO3/c12-10(14)11(6-7-11)15-9(13)8-4-2-1-3-5-8/h1-5H,6-7H2,(H2,12,14). The highest BCUT2D eigenvalue weighted by molar-refractivity contribution is 5.94. The second-order valence-corrected chi connectivity index (χ2v) is 3.61. The van der Waals surface area contributed by atoms with Crippen LogP contribution in [0.3, 0.4) is 0 Å². The number of esters is 1. The lowest BCUT2D eigenvalue weighted by Crippen LogP contribution is -2.35. The molecular formula is C11H11NO3. The number of amides is 1. The molecule has 0 aliphatic heterocycles. The lowest BCUT2D eigenvalue weighted by molar-refractivity contribution is -0.128. The molecule has 0 heterocycles. The minimum atomic E-state index is -1.03. The Morgan fingerprint density at radius 2 is 1.80 bits per heavy atom. The Balaban J connectivity index is 2.08. The van der Waals surface area contributed by atoms with Gasteiger partial charge in [-0.05, 0) is 12.1 Å². The number of benzene rings is 1. The van der Waals surface area contributed by atoms with Gasteiger partial charge in [0.25, 0.3) is 5.91 Å². The number of hydrogen-bond donors (Lipinski definition) is 1. The van der Waals surface area contributed by atoms with Gasteiger partial charge in [0.05, 0.1) is 5.56 Å².